The molecule has 6 nitrogen and oxygen atoms in total. The number of benzene rings is 2. The Bertz CT molecular complexity index is 1400. The van der Waals surface area contributed by atoms with Crippen molar-refractivity contribution in [2.75, 3.05) is 26.2 Å². The molecule has 3 aromatic rings. The molecule has 0 radical (unpaired) electrons. The number of carboxylic acids is 1. The van der Waals surface area contributed by atoms with Gasteiger partial charge in [0.1, 0.15) is 11.6 Å². The van der Waals surface area contributed by atoms with Crippen LogP contribution >= 0.6 is 0 Å². The minimum atomic E-state index is -0.636. The molecule has 3 aliphatic heterocycles. The molecule has 3 unspecified atom stereocenters. The molecule has 4 heterocycles. The lowest BCUT2D eigenvalue weighted by atomic mass is 9.73. The largest absolute Gasteiger partial charge is 0.481 e. The first kappa shape index (κ1) is 27.1. The van der Waals surface area contributed by atoms with Gasteiger partial charge in [-0.15, -0.1) is 0 Å². The molecule has 41 heavy (non-hydrogen) atoms. The molecule has 4 fully saturated rings. The maximum Gasteiger partial charge on any atom is 0.310 e. The van der Waals surface area contributed by atoms with Crippen molar-refractivity contribution in [1.82, 2.24) is 19.4 Å². The topological polar surface area (TPSA) is 61.6 Å². The van der Waals surface area contributed by atoms with Gasteiger partial charge in [0.25, 0.3) is 0 Å². The number of likely N-dealkylation sites (tertiary alicyclic amines) is 1. The van der Waals surface area contributed by atoms with E-state index in [1.807, 2.05) is 6.07 Å². The van der Waals surface area contributed by atoms with Gasteiger partial charge in [0.15, 0.2) is 0 Å². The van der Waals surface area contributed by atoms with Crippen LogP contribution in [0.5, 0.6) is 0 Å². The van der Waals surface area contributed by atoms with E-state index in [0.717, 1.165) is 81.5 Å². The minimum Gasteiger partial charge on any atom is -0.481 e. The normalized spacial score (nSPS) is 30.2. The minimum absolute atomic E-state index is 0.183. The lowest BCUT2D eigenvalue weighted by molar-refractivity contribution is -0.152. The van der Waals surface area contributed by atoms with Crippen LogP contribution in [0.4, 0.5) is 4.39 Å². The number of fused-ring (bicyclic) bond motifs is 3. The average molecular weight is 559 g/mol. The number of carboxylic acid groups (broad SMARTS) is 1. The van der Waals surface area contributed by atoms with Gasteiger partial charge < -0.3 is 14.6 Å². The Balaban J connectivity index is 1.11. The fourth-order valence-corrected chi connectivity index (χ4v) is 9.14. The van der Waals surface area contributed by atoms with Crippen molar-refractivity contribution in [1.29, 1.82) is 0 Å². The van der Waals surface area contributed by atoms with E-state index in [0.29, 0.717) is 30.6 Å². The van der Waals surface area contributed by atoms with Gasteiger partial charge in [0.05, 0.1) is 16.4 Å². The smallest absolute Gasteiger partial charge is 0.310 e. The highest BCUT2D eigenvalue weighted by Crippen LogP contribution is 2.45. The van der Waals surface area contributed by atoms with E-state index in [-0.39, 0.29) is 11.7 Å². The van der Waals surface area contributed by atoms with Crippen LogP contribution in [0, 0.1) is 24.1 Å². The second-order valence-electron chi connectivity index (χ2n) is 13.5. The highest BCUT2D eigenvalue weighted by atomic mass is 19.1. The number of piperidine rings is 1. The van der Waals surface area contributed by atoms with Crippen LogP contribution < -0.4 is 0 Å². The summed E-state index contributed by atoms with van der Waals surface area (Å²) in [6, 6.07) is 17.2. The third kappa shape index (κ3) is 4.99. The van der Waals surface area contributed by atoms with E-state index < -0.39 is 11.4 Å². The number of para-hydroxylation sites is 2. The Morgan fingerprint density at radius 1 is 1.00 bits per heavy atom. The van der Waals surface area contributed by atoms with Gasteiger partial charge in [-0.2, -0.15) is 0 Å². The van der Waals surface area contributed by atoms with Crippen molar-refractivity contribution >= 4 is 17.0 Å². The zero-order valence-corrected chi connectivity index (χ0v) is 24.2. The van der Waals surface area contributed by atoms with Crippen LogP contribution in [0.3, 0.4) is 0 Å². The molecule has 7 rings (SSSR count). The summed E-state index contributed by atoms with van der Waals surface area (Å²) in [6.45, 7) is 5.47. The van der Waals surface area contributed by atoms with Crippen LogP contribution in [0.1, 0.15) is 81.1 Å². The highest BCUT2D eigenvalue weighted by molar-refractivity contribution is 5.76. The van der Waals surface area contributed by atoms with E-state index in [9.17, 15) is 14.3 Å². The summed E-state index contributed by atoms with van der Waals surface area (Å²) in [5.74, 6) is 0.874. The molecule has 3 saturated heterocycles. The third-order valence-electron chi connectivity index (χ3n) is 11.0. The molecule has 218 valence electrons. The Morgan fingerprint density at radius 3 is 2.49 bits per heavy atom. The van der Waals surface area contributed by atoms with Gasteiger partial charge in [-0.25, -0.2) is 9.37 Å². The van der Waals surface area contributed by atoms with Crippen molar-refractivity contribution in [3.63, 3.8) is 0 Å². The van der Waals surface area contributed by atoms with Gasteiger partial charge in [-0.3, -0.25) is 9.69 Å². The zero-order chi connectivity index (χ0) is 28.1. The predicted molar refractivity (Wildman–Crippen MR) is 158 cm³/mol. The van der Waals surface area contributed by atoms with Crippen LogP contribution in [-0.4, -0.2) is 68.7 Å². The number of halogens is 1. The van der Waals surface area contributed by atoms with Crippen molar-refractivity contribution in [3.05, 3.63) is 65.7 Å². The Kier molecular flexibility index (Phi) is 7.14. The Hall–Kier alpha value is -2.77. The summed E-state index contributed by atoms with van der Waals surface area (Å²) >= 11 is 0. The summed E-state index contributed by atoms with van der Waals surface area (Å²) in [4.78, 5) is 22.5. The lowest BCUT2D eigenvalue weighted by Gasteiger charge is -2.42. The molecule has 2 bridgehead atoms. The standard InChI is InChI=1S/C34H43FN4O2/c1-23-36-31-10-3-4-11-32(31)39(23)29-17-27-12-13-28(18-29)38(27)20-25-19-37(21-30(25)24-8-7-9-26(35)16-24)22-34(33(40)41)14-5-2-6-15-34/h3-4,7-11,16,25,27-30H,2,5-6,12-15,17-22H2,1H3,(H,40,41)/t25-,27?,28?,29?,30?/m1/s1. The summed E-state index contributed by atoms with van der Waals surface area (Å²) in [5.41, 5.74) is 2.76. The molecular weight excluding hydrogens is 515 g/mol. The predicted octanol–water partition coefficient (Wildman–Crippen LogP) is 6.40. The maximum absolute atomic E-state index is 14.4. The van der Waals surface area contributed by atoms with Gasteiger partial charge in [-0.05, 0) is 81.2 Å². The van der Waals surface area contributed by atoms with E-state index in [4.69, 9.17) is 4.98 Å². The molecule has 1 N–H and O–H groups in total. The van der Waals surface area contributed by atoms with Crippen LogP contribution in [0.2, 0.25) is 0 Å². The second kappa shape index (κ2) is 10.8. The molecule has 0 amide bonds. The molecule has 1 saturated carbocycles. The number of nitrogens with zero attached hydrogens (tertiary/aromatic N) is 4. The fourth-order valence-electron chi connectivity index (χ4n) is 9.14. The van der Waals surface area contributed by atoms with Gasteiger partial charge >= 0.3 is 5.97 Å². The van der Waals surface area contributed by atoms with Crippen LogP contribution in [0.25, 0.3) is 11.0 Å². The number of rotatable bonds is 7. The first-order chi connectivity index (χ1) is 19.9. The fraction of sp³-hybridized carbons (Fsp3) is 0.588. The summed E-state index contributed by atoms with van der Waals surface area (Å²) in [5, 5.41) is 10.3. The van der Waals surface area contributed by atoms with E-state index in [1.165, 1.54) is 24.4 Å². The van der Waals surface area contributed by atoms with Crippen molar-refractivity contribution in [3.8, 4) is 0 Å². The zero-order valence-electron chi connectivity index (χ0n) is 24.2. The molecule has 0 spiro atoms. The summed E-state index contributed by atoms with van der Waals surface area (Å²) < 4.78 is 16.9. The Labute approximate surface area is 242 Å². The van der Waals surface area contributed by atoms with Crippen molar-refractivity contribution in [2.45, 2.75) is 88.8 Å². The van der Waals surface area contributed by atoms with Gasteiger partial charge in [-0.1, -0.05) is 43.5 Å². The third-order valence-corrected chi connectivity index (χ3v) is 11.0. The van der Waals surface area contributed by atoms with E-state index in [2.05, 4.69) is 51.6 Å². The monoisotopic (exact) mass is 558 g/mol. The number of aryl methyl sites for hydroxylation is 1. The Morgan fingerprint density at radius 2 is 1.76 bits per heavy atom. The van der Waals surface area contributed by atoms with Crippen molar-refractivity contribution < 1.29 is 14.3 Å². The first-order valence-electron chi connectivity index (χ1n) is 15.8. The molecule has 2 aromatic carbocycles. The number of aromatic nitrogens is 2. The maximum atomic E-state index is 14.4. The summed E-state index contributed by atoms with van der Waals surface area (Å²) in [6.07, 6.45) is 9.43. The van der Waals surface area contributed by atoms with Crippen LogP contribution in [0.15, 0.2) is 48.5 Å². The summed E-state index contributed by atoms with van der Waals surface area (Å²) in [7, 11) is 0. The average Bonchev–Trinajstić information content (AvgIpc) is 3.58. The number of imidazole rings is 1. The first-order valence-corrected chi connectivity index (χ1v) is 15.8. The van der Waals surface area contributed by atoms with E-state index >= 15 is 0 Å². The molecule has 1 aliphatic carbocycles. The van der Waals surface area contributed by atoms with E-state index in [1.54, 1.807) is 6.07 Å². The lowest BCUT2D eigenvalue weighted by Crippen LogP contribution is -2.47. The molecule has 4 atom stereocenters. The number of hydrogen-bond acceptors (Lipinski definition) is 4. The van der Waals surface area contributed by atoms with Crippen LogP contribution in [-0.2, 0) is 4.79 Å². The number of carbonyl (C=O) groups is 1. The highest BCUT2D eigenvalue weighted by Gasteiger charge is 2.47. The second-order valence-corrected chi connectivity index (χ2v) is 13.5. The molecule has 1 aromatic heterocycles. The number of aliphatic carboxylic acids is 1. The van der Waals surface area contributed by atoms with Gasteiger partial charge in [0.2, 0.25) is 0 Å². The molecular formula is C34H43FN4O2. The molecule has 4 aliphatic rings. The number of hydrogen-bond donors (Lipinski definition) is 1. The van der Waals surface area contributed by atoms with Crippen molar-refractivity contribution in [2.24, 2.45) is 11.3 Å². The quantitative estimate of drug-likeness (QED) is 0.364. The SMILES string of the molecule is Cc1nc2ccccc2n1C1CC2CCC(C1)N2C[C@H]1CN(CC2(C(=O)O)CCCCC2)CC1c1cccc(F)c1. The molecule has 7 heteroatoms. The van der Waals surface area contributed by atoms with Gasteiger partial charge in [0, 0.05) is 50.2 Å².